The van der Waals surface area contributed by atoms with Crippen LogP contribution in [0.25, 0.3) is 10.9 Å². The predicted molar refractivity (Wildman–Crippen MR) is 103 cm³/mol. The first kappa shape index (κ1) is 16.8. The van der Waals surface area contributed by atoms with Gasteiger partial charge in [-0.25, -0.2) is 4.98 Å². The van der Waals surface area contributed by atoms with Crippen LogP contribution in [0.3, 0.4) is 0 Å². The second-order valence-electron chi connectivity index (χ2n) is 6.14. The van der Waals surface area contributed by atoms with E-state index < -0.39 is 0 Å². The van der Waals surface area contributed by atoms with E-state index in [-0.39, 0.29) is 0 Å². The molecule has 0 radical (unpaired) electrons. The van der Waals surface area contributed by atoms with Crippen LogP contribution in [0.2, 0.25) is 0 Å². The van der Waals surface area contributed by atoms with Crippen molar-refractivity contribution in [3.8, 4) is 0 Å². The summed E-state index contributed by atoms with van der Waals surface area (Å²) in [4.78, 5) is 6.01. The molecule has 0 aliphatic heterocycles. The maximum atomic E-state index is 4.73. The Morgan fingerprint density at radius 3 is 2.67 bits per heavy atom. The highest BCUT2D eigenvalue weighted by molar-refractivity contribution is 7.98. The third-order valence-electron chi connectivity index (χ3n) is 4.18. The van der Waals surface area contributed by atoms with Crippen molar-refractivity contribution in [2.75, 3.05) is 18.1 Å². The van der Waals surface area contributed by atoms with Crippen LogP contribution in [-0.4, -0.2) is 27.6 Å². The molecular weight excluding hydrogens is 316 g/mol. The van der Waals surface area contributed by atoms with Gasteiger partial charge in [0.2, 0.25) is 0 Å². The molecule has 2 aromatic heterocycles. The molecule has 0 aliphatic rings. The van der Waals surface area contributed by atoms with Gasteiger partial charge in [-0.3, -0.25) is 4.68 Å². The largest absolute Gasteiger partial charge is 0.370 e. The zero-order chi connectivity index (χ0) is 17.1. The Morgan fingerprint density at radius 1 is 1.12 bits per heavy atom. The van der Waals surface area contributed by atoms with Crippen LogP contribution in [0.4, 0.5) is 5.82 Å². The van der Waals surface area contributed by atoms with Gasteiger partial charge in [0.1, 0.15) is 5.82 Å². The summed E-state index contributed by atoms with van der Waals surface area (Å²) in [7, 11) is 0. The van der Waals surface area contributed by atoms with Crippen molar-refractivity contribution in [1.82, 2.24) is 14.8 Å². The summed E-state index contributed by atoms with van der Waals surface area (Å²) >= 11 is 1.76. The number of hydrogen-bond donors (Lipinski definition) is 1. The summed E-state index contributed by atoms with van der Waals surface area (Å²) in [6.45, 7) is 8.10. The van der Waals surface area contributed by atoms with Gasteiger partial charge in [-0.2, -0.15) is 5.10 Å². The number of thioether (sulfide) groups is 1. The third kappa shape index (κ3) is 3.73. The molecule has 0 saturated carbocycles. The number of hydrogen-bond acceptors (Lipinski definition) is 4. The average Bonchev–Trinajstić information content (AvgIpc) is 2.89. The quantitative estimate of drug-likeness (QED) is 0.527. The van der Waals surface area contributed by atoms with Crippen molar-refractivity contribution < 1.29 is 0 Å². The van der Waals surface area contributed by atoms with E-state index in [0.717, 1.165) is 36.5 Å². The van der Waals surface area contributed by atoms with Gasteiger partial charge in [-0.1, -0.05) is 0 Å². The van der Waals surface area contributed by atoms with Crippen LogP contribution in [0.15, 0.2) is 35.2 Å². The normalized spacial score (nSPS) is 11.2. The number of anilines is 1. The lowest BCUT2D eigenvalue weighted by Gasteiger charge is -2.10. The molecule has 5 heteroatoms. The standard InChI is InChI=1S/C19H24N4S/c1-13-10-19(21-18-7-6-16(24-4)12-17(13)18)20-8-5-9-23-15(3)11-14(2)22-23/h6-7,10-12H,5,8-9H2,1-4H3,(H,20,21). The van der Waals surface area contributed by atoms with Crippen LogP contribution in [0.5, 0.6) is 0 Å². The number of nitrogens with one attached hydrogen (secondary N) is 1. The van der Waals surface area contributed by atoms with Crippen LogP contribution in [0.1, 0.15) is 23.4 Å². The van der Waals surface area contributed by atoms with Crippen molar-refractivity contribution in [2.45, 2.75) is 38.6 Å². The Morgan fingerprint density at radius 2 is 1.96 bits per heavy atom. The zero-order valence-corrected chi connectivity index (χ0v) is 15.6. The van der Waals surface area contributed by atoms with E-state index in [1.165, 1.54) is 21.5 Å². The molecule has 0 unspecified atom stereocenters. The fourth-order valence-electron chi connectivity index (χ4n) is 2.94. The lowest BCUT2D eigenvalue weighted by atomic mass is 10.1. The topological polar surface area (TPSA) is 42.7 Å². The van der Waals surface area contributed by atoms with Crippen LogP contribution < -0.4 is 5.32 Å². The molecule has 0 bridgehead atoms. The Labute approximate surface area is 147 Å². The zero-order valence-electron chi connectivity index (χ0n) is 14.8. The fraction of sp³-hybridized carbons (Fsp3) is 0.368. The Balaban J connectivity index is 1.64. The summed E-state index contributed by atoms with van der Waals surface area (Å²) in [5.41, 5.74) is 4.61. The molecule has 0 aliphatic carbocycles. The highest BCUT2D eigenvalue weighted by Gasteiger charge is 2.04. The molecule has 0 fully saturated rings. The second kappa shape index (κ2) is 7.26. The molecular formula is C19H24N4S. The molecule has 0 spiro atoms. The molecule has 24 heavy (non-hydrogen) atoms. The van der Waals surface area contributed by atoms with Gasteiger partial charge in [0.25, 0.3) is 0 Å². The van der Waals surface area contributed by atoms with E-state index in [0.29, 0.717) is 0 Å². The van der Waals surface area contributed by atoms with E-state index in [9.17, 15) is 0 Å². The predicted octanol–water partition coefficient (Wildman–Crippen LogP) is 4.58. The summed E-state index contributed by atoms with van der Waals surface area (Å²) in [5.74, 6) is 0.949. The highest BCUT2D eigenvalue weighted by Crippen LogP contribution is 2.25. The van der Waals surface area contributed by atoms with Crippen molar-refractivity contribution in [3.05, 3.63) is 47.3 Å². The highest BCUT2D eigenvalue weighted by atomic mass is 32.2. The smallest absolute Gasteiger partial charge is 0.126 e. The minimum atomic E-state index is 0.888. The van der Waals surface area contributed by atoms with Crippen LogP contribution >= 0.6 is 11.8 Å². The summed E-state index contributed by atoms with van der Waals surface area (Å²) in [6, 6.07) is 10.7. The number of aromatic nitrogens is 3. The van der Waals surface area contributed by atoms with Gasteiger partial charge >= 0.3 is 0 Å². The second-order valence-corrected chi connectivity index (χ2v) is 7.02. The lowest BCUT2D eigenvalue weighted by Crippen LogP contribution is -2.09. The molecule has 0 atom stereocenters. The van der Waals surface area contributed by atoms with Gasteiger partial charge in [-0.15, -0.1) is 11.8 Å². The van der Waals surface area contributed by atoms with Gasteiger partial charge < -0.3 is 5.32 Å². The van der Waals surface area contributed by atoms with Gasteiger partial charge in [-0.05, 0) is 69.3 Å². The van der Waals surface area contributed by atoms with Crippen molar-refractivity contribution in [3.63, 3.8) is 0 Å². The minimum absolute atomic E-state index is 0.888. The molecule has 126 valence electrons. The number of rotatable bonds is 6. The molecule has 4 nitrogen and oxygen atoms in total. The number of benzene rings is 1. The van der Waals surface area contributed by atoms with Crippen LogP contribution in [-0.2, 0) is 6.54 Å². The van der Waals surface area contributed by atoms with Crippen molar-refractivity contribution >= 4 is 28.5 Å². The monoisotopic (exact) mass is 340 g/mol. The third-order valence-corrected chi connectivity index (χ3v) is 4.90. The first-order valence-electron chi connectivity index (χ1n) is 8.27. The van der Waals surface area contributed by atoms with Gasteiger partial charge in [0, 0.05) is 29.1 Å². The molecule has 2 heterocycles. The molecule has 3 rings (SSSR count). The Hall–Kier alpha value is -2.01. The number of nitrogens with zero attached hydrogens (tertiary/aromatic N) is 3. The number of pyridine rings is 1. The SMILES string of the molecule is CSc1ccc2nc(NCCCn3nc(C)cc3C)cc(C)c2c1. The van der Waals surface area contributed by atoms with E-state index >= 15 is 0 Å². The first-order chi connectivity index (χ1) is 11.6. The van der Waals surface area contributed by atoms with Crippen molar-refractivity contribution in [1.29, 1.82) is 0 Å². The molecule has 1 aromatic carbocycles. The van der Waals surface area contributed by atoms with Crippen molar-refractivity contribution in [2.24, 2.45) is 0 Å². The molecule has 0 amide bonds. The Bertz CT molecular complexity index is 854. The first-order valence-corrected chi connectivity index (χ1v) is 9.49. The molecule has 0 saturated heterocycles. The minimum Gasteiger partial charge on any atom is -0.370 e. The number of aryl methyl sites for hydroxylation is 4. The van der Waals surface area contributed by atoms with E-state index in [4.69, 9.17) is 4.98 Å². The average molecular weight is 340 g/mol. The maximum absolute atomic E-state index is 4.73. The van der Waals surface area contributed by atoms with E-state index in [1.54, 1.807) is 11.8 Å². The lowest BCUT2D eigenvalue weighted by molar-refractivity contribution is 0.573. The maximum Gasteiger partial charge on any atom is 0.126 e. The molecule has 3 aromatic rings. The van der Waals surface area contributed by atoms with Crippen LogP contribution in [0, 0.1) is 20.8 Å². The van der Waals surface area contributed by atoms with Gasteiger partial charge in [0.05, 0.1) is 11.2 Å². The summed E-state index contributed by atoms with van der Waals surface area (Å²) in [5, 5.41) is 9.17. The molecule has 1 N–H and O–H groups in total. The van der Waals surface area contributed by atoms with Gasteiger partial charge in [0.15, 0.2) is 0 Å². The number of fused-ring (bicyclic) bond motifs is 1. The Kier molecular flexibility index (Phi) is 5.09. The summed E-state index contributed by atoms with van der Waals surface area (Å²) < 4.78 is 2.07. The fourth-order valence-corrected chi connectivity index (χ4v) is 3.38. The van der Waals surface area contributed by atoms with E-state index in [1.807, 2.05) is 6.92 Å². The van der Waals surface area contributed by atoms with E-state index in [2.05, 4.69) is 65.5 Å². The summed E-state index contributed by atoms with van der Waals surface area (Å²) in [6.07, 6.45) is 3.12.